The van der Waals surface area contributed by atoms with E-state index in [9.17, 15) is 9.59 Å². The lowest BCUT2D eigenvalue weighted by atomic mass is 10.3. The van der Waals surface area contributed by atoms with Gasteiger partial charge < -0.3 is 4.72 Å². The van der Waals surface area contributed by atoms with Crippen molar-refractivity contribution in [3.63, 3.8) is 0 Å². The number of hydrogen-bond donors (Lipinski definition) is 1. The number of fused-ring (bicyclic) bond motifs is 1. The van der Waals surface area contributed by atoms with Gasteiger partial charge in [-0.15, -0.1) is 0 Å². The molecule has 0 radical (unpaired) electrons. The molecule has 1 aromatic carbocycles. The smallest absolute Gasteiger partial charge is 0.180 e. The average molecular weight is 213 g/mol. The molecule has 0 fully saturated rings. The molecule has 13 heavy (non-hydrogen) atoms. The first-order valence-corrected chi connectivity index (χ1v) is 6.69. The number of rotatable bonds is 2. The standard InChI is InChI=1S/C8H7NO2S2/c10-5-13(6-11)8-4-2-1-3-7(8)9-12-13/h1-6,9H. The minimum atomic E-state index is -1.95. The first-order chi connectivity index (χ1) is 6.32. The molecule has 1 aliphatic heterocycles. The van der Waals surface area contributed by atoms with Crippen molar-refractivity contribution in [3.8, 4) is 0 Å². The van der Waals surface area contributed by atoms with E-state index in [1.807, 2.05) is 24.3 Å². The van der Waals surface area contributed by atoms with Crippen LogP contribution in [0, 0.1) is 0 Å². The number of para-hydroxylation sites is 1. The normalized spacial score (nSPS) is 19.7. The van der Waals surface area contributed by atoms with Crippen LogP contribution >= 0.6 is 20.0 Å². The highest BCUT2D eigenvalue weighted by molar-refractivity contribution is 9.05. The minimum absolute atomic E-state index is 0.753. The van der Waals surface area contributed by atoms with Crippen molar-refractivity contribution in [2.75, 3.05) is 4.72 Å². The zero-order valence-corrected chi connectivity index (χ0v) is 8.23. The van der Waals surface area contributed by atoms with E-state index >= 15 is 0 Å². The third kappa shape index (κ3) is 1.15. The summed E-state index contributed by atoms with van der Waals surface area (Å²) < 4.78 is 2.98. The fourth-order valence-corrected chi connectivity index (χ4v) is 4.42. The Bertz CT molecular complexity index is 359. The molecule has 2 rings (SSSR count). The summed E-state index contributed by atoms with van der Waals surface area (Å²) in [5.41, 5.74) is 2.38. The predicted octanol–water partition coefficient (Wildman–Crippen LogP) is 2.22. The lowest BCUT2D eigenvalue weighted by molar-refractivity contribution is 0.566. The van der Waals surface area contributed by atoms with Crippen LogP contribution in [-0.2, 0) is 9.59 Å². The predicted molar refractivity (Wildman–Crippen MR) is 57.0 cm³/mol. The van der Waals surface area contributed by atoms with E-state index in [1.54, 1.807) is 0 Å². The summed E-state index contributed by atoms with van der Waals surface area (Å²) in [5.74, 6) is 0. The van der Waals surface area contributed by atoms with Gasteiger partial charge in [-0.1, -0.05) is 12.1 Å². The van der Waals surface area contributed by atoms with Crippen LogP contribution in [0.4, 0.5) is 5.69 Å². The average Bonchev–Trinajstić information content (AvgIpc) is 2.58. The Kier molecular flexibility index (Phi) is 2.05. The molecule has 0 amide bonds. The van der Waals surface area contributed by atoms with Gasteiger partial charge in [0.15, 0.2) is 11.2 Å². The Morgan fingerprint density at radius 1 is 1.23 bits per heavy atom. The molecule has 68 valence electrons. The Morgan fingerprint density at radius 3 is 2.62 bits per heavy atom. The van der Waals surface area contributed by atoms with E-state index in [1.165, 1.54) is 11.0 Å². The van der Waals surface area contributed by atoms with Crippen molar-refractivity contribution < 1.29 is 9.59 Å². The van der Waals surface area contributed by atoms with E-state index in [-0.39, 0.29) is 0 Å². The molecule has 1 aromatic rings. The summed E-state index contributed by atoms with van der Waals surface area (Å²) >= 11 is 0. The van der Waals surface area contributed by atoms with Gasteiger partial charge in [-0.25, -0.2) is 0 Å². The molecule has 0 aromatic heterocycles. The van der Waals surface area contributed by atoms with Gasteiger partial charge in [-0.05, 0) is 21.2 Å². The van der Waals surface area contributed by atoms with E-state index in [0.29, 0.717) is 0 Å². The van der Waals surface area contributed by atoms with Crippen molar-refractivity contribution in [2.24, 2.45) is 0 Å². The molecule has 3 nitrogen and oxygen atoms in total. The molecule has 0 saturated heterocycles. The van der Waals surface area contributed by atoms with Crippen molar-refractivity contribution in [3.05, 3.63) is 24.3 Å². The van der Waals surface area contributed by atoms with Crippen molar-refractivity contribution >= 4 is 37.0 Å². The number of anilines is 1. The van der Waals surface area contributed by atoms with Crippen LogP contribution in [0.25, 0.3) is 0 Å². The second kappa shape index (κ2) is 3.08. The maximum absolute atomic E-state index is 10.9. The van der Waals surface area contributed by atoms with Crippen LogP contribution < -0.4 is 4.72 Å². The molecule has 0 spiro atoms. The highest BCUT2D eigenvalue weighted by Crippen LogP contribution is 2.68. The molecule has 0 aliphatic carbocycles. The van der Waals surface area contributed by atoms with Crippen LogP contribution in [0.2, 0.25) is 0 Å². The highest BCUT2D eigenvalue weighted by atomic mass is 33.2. The Balaban J connectivity index is 2.59. The zero-order chi connectivity index (χ0) is 9.31. The van der Waals surface area contributed by atoms with Gasteiger partial charge in [0.25, 0.3) is 0 Å². The summed E-state index contributed by atoms with van der Waals surface area (Å²) in [6.07, 6.45) is 0. The Hall–Kier alpha value is -0.940. The van der Waals surface area contributed by atoms with Crippen molar-refractivity contribution in [1.29, 1.82) is 0 Å². The maximum Gasteiger partial charge on any atom is 0.180 e. The lowest BCUT2D eigenvalue weighted by Crippen LogP contribution is -1.93. The Morgan fingerprint density at radius 2 is 1.92 bits per heavy atom. The van der Waals surface area contributed by atoms with Crippen molar-refractivity contribution in [1.82, 2.24) is 0 Å². The van der Waals surface area contributed by atoms with E-state index in [0.717, 1.165) is 21.8 Å². The third-order valence-electron chi connectivity index (χ3n) is 1.81. The van der Waals surface area contributed by atoms with Gasteiger partial charge in [-0.3, -0.25) is 9.59 Å². The molecular weight excluding hydrogens is 206 g/mol. The number of benzene rings is 1. The monoisotopic (exact) mass is 213 g/mol. The van der Waals surface area contributed by atoms with Gasteiger partial charge in [0.05, 0.1) is 5.69 Å². The van der Waals surface area contributed by atoms with E-state index < -0.39 is 9.06 Å². The second-order valence-corrected chi connectivity index (χ2v) is 7.17. The zero-order valence-electron chi connectivity index (χ0n) is 6.60. The highest BCUT2D eigenvalue weighted by Gasteiger charge is 2.34. The number of hydrogen-bond acceptors (Lipinski definition) is 4. The summed E-state index contributed by atoms with van der Waals surface area (Å²) in [6, 6.07) is 7.39. The van der Waals surface area contributed by atoms with Crippen LogP contribution in [-0.4, -0.2) is 11.2 Å². The molecule has 5 heteroatoms. The third-order valence-corrected chi connectivity index (χ3v) is 6.09. The molecule has 1 aliphatic rings. The first-order valence-electron chi connectivity index (χ1n) is 3.60. The SMILES string of the molecule is O=CS1(C=O)SNc2ccccc21. The maximum atomic E-state index is 10.9. The van der Waals surface area contributed by atoms with Gasteiger partial charge in [-0.2, -0.15) is 0 Å². The van der Waals surface area contributed by atoms with Crippen LogP contribution in [0.3, 0.4) is 0 Å². The summed E-state index contributed by atoms with van der Waals surface area (Å²) in [6.45, 7) is 0. The molecule has 1 N–H and O–H groups in total. The van der Waals surface area contributed by atoms with Crippen molar-refractivity contribution in [2.45, 2.75) is 4.90 Å². The van der Waals surface area contributed by atoms with Gasteiger partial charge >= 0.3 is 0 Å². The molecule has 0 bridgehead atoms. The summed E-state index contributed by atoms with van der Waals surface area (Å²) in [4.78, 5) is 22.6. The van der Waals surface area contributed by atoms with Gasteiger partial charge in [0, 0.05) is 15.9 Å². The molecule has 0 atom stereocenters. The summed E-state index contributed by atoms with van der Waals surface area (Å²) in [5, 5.41) is 0. The van der Waals surface area contributed by atoms with Crippen LogP contribution in [0.5, 0.6) is 0 Å². The van der Waals surface area contributed by atoms with Crippen LogP contribution in [0.15, 0.2) is 29.2 Å². The lowest BCUT2D eigenvalue weighted by Gasteiger charge is -2.17. The molecule has 0 saturated carbocycles. The largest absolute Gasteiger partial charge is 0.320 e. The quantitative estimate of drug-likeness (QED) is 0.465. The Labute approximate surface area is 80.7 Å². The summed E-state index contributed by atoms with van der Waals surface area (Å²) in [7, 11) is -0.736. The molecule has 0 unspecified atom stereocenters. The topological polar surface area (TPSA) is 46.2 Å². The fourth-order valence-electron chi connectivity index (χ4n) is 1.15. The van der Waals surface area contributed by atoms with Gasteiger partial charge in [0.2, 0.25) is 0 Å². The van der Waals surface area contributed by atoms with Crippen LogP contribution in [0.1, 0.15) is 0 Å². The number of carbonyl (C=O) groups excluding carboxylic acids is 2. The second-order valence-electron chi connectivity index (χ2n) is 2.52. The number of carbonyl (C=O) groups is 2. The molecular formula is C8H7NO2S2. The van der Waals surface area contributed by atoms with E-state index in [4.69, 9.17) is 0 Å². The van der Waals surface area contributed by atoms with Gasteiger partial charge in [0.1, 0.15) is 0 Å². The first kappa shape index (κ1) is 8.65. The number of nitrogens with one attached hydrogen (secondary N) is 1. The fraction of sp³-hybridized carbons (Fsp3) is 0. The molecule has 1 heterocycles. The minimum Gasteiger partial charge on any atom is -0.320 e. The van der Waals surface area contributed by atoms with E-state index in [2.05, 4.69) is 4.72 Å².